The molecular formula is C22H22N2O6. The second-order valence-electron chi connectivity index (χ2n) is 6.94. The summed E-state index contributed by atoms with van der Waals surface area (Å²) in [5.74, 6) is -2.64. The van der Waals surface area contributed by atoms with Crippen LogP contribution in [0.1, 0.15) is 41.7 Å². The van der Waals surface area contributed by atoms with E-state index in [0.717, 1.165) is 0 Å². The molecule has 8 heteroatoms. The Kier molecular flexibility index (Phi) is 6.56. The first-order valence-electron chi connectivity index (χ1n) is 9.73. The van der Waals surface area contributed by atoms with E-state index in [1.54, 1.807) is 37.3 Å². The van der Waals surface area contributed by atoms with Gasteiger partial charge in [-0.1, -0.05) is 42.5 Å². The first-order chi connectivity index (χ1) is 14.4. The predicted molar refractivity (Wildman–Crippen MR) is 108 cm³/mol. The lowest BCUT2D eigenvalue weighted by molar-refractivity contribution is -0.384. The second-order valence-corrected chi connectivity index (χ2v) is 6.94. The zero-order valence-corrected chi connectivity index (χ0v) is 16.5. The highest BCUT2D eigenvalue weighted by Gasteiger charge is 2.43. The fourth-order valence-electron chi connectivity index (χ4n) is 3.70. The molecule has 3 rings (SSSR count). The summed E-state index contributed by atoms with van der Waals surface area (Å²) in [5, 5.41) is 11.0. The number of ether oxygens (including phenoxy) is 1. The fraction of sp³-hybridized carbons (Fsp3) is 0.318. The third-order valence-corrected chi connectivity index (χ3v) is 5.09. The Morgan fingerprint density at radius 3 is 2.33 bits per heavy atom. The van der Waals surface area contributed by atoms with Crippen LogP contribution in [0.4, 0.5) is 5.69 Å². The van der Waals surface area contributed by atoms with Gasteiger partial charge in [0.2, 0.25) is 5.91 Å². The quantitative estimate of drug-likeness (QED) is 0.217. The molecule has 1 heterocycles. The van der Waals surface area contributed by atoms with Crippen LogP contribution in [0.5, 0.6) is 0 Å². The summed E-state index contributed by atoms with van der Waals surface area (Å²) in [6.07, 6.45) is 0.927. The molecule has 1 saturated heterocycles. The minimum Gasteiger partial charge on any atom is -0.465 e. The van der Waals surface area contributed by atoms with Crippen LogP contribution in [0.3, 0.4) is 0 Å². The van der Waals surface area contributed by atoms with Gasteiger partial charge in [-0.15, -0.1) is 0 Å². The molecule has 0 spiro atoms. The number of hydrogen-bond acceptors (Lipinski definition) is 6. The first-order valence-corrected chi connectivity index (χ1v) is 9.73. The molecule has 2 aromatic rings. The lowest BCUT2D eigenvalue weighted by Crippen LogP contribution is -2.42. The number of carbonyl (C=O) groups is 3. The molecule has 0 N–H and O–H groups in total. The van der Waals surface area contributed by atoms with Crippen molar-refractivity contribution in [1.82, 2.24) is 4.90 Å². The monoisotopic (exact) mass is 410 g/mol. The summed E-state index contributed by atoms with van der Waals surface area (Å²) in [6, 6.07) is 13.0. The van der Waals surface area contributed by atoms with E-state index in [9.17, 15) is 24.5 Å². The van der Waals surface area contributed by atoms with Crippen LogP contribution in [-0.4, -0.2) is 40.6 Å². The highest BCUT2D eigenvalue weighted by atomic mass is 16.6. The summed E-state index contributed by atoms with van der Waals surface area (Å²) in [7, 11) is 0. The number of amides is 1. The molecule has 0 bridgehead atoms. The van der Waals surface area contributed by atoms with Crippen molar-refractivity contribution in [1.29, 1.82) is 0 Å². The third kappa shape index (κ3) is 4.37. The van der Waals surface area contributed by atoms with Crippen molar-refractivity contribution in [3.8, 4) is 0 Å². The number of nitrogens with zero attached hydrogens (tertiary/aromatic N) is 2. The normalized spacial score (nSPS) is 15.5. The van der Waals surface area contributed by atoms with Gasteiger partial charge in [-0.25, -0.2) is 0 Å². The maximum Gasteiger partial charge on any atom is 0.319 e. The number of non-ortho nitro benzene ring substituents is 1. The van der Waals surface area contributed by atoms with Gasteiger partial charge in [-0.05, 0) is 18.9 Å². The molecule has 30 heavy (non-hydrogen) atoms. The molecule has 0 aromatic heterocycles. The van der Waals surface area contributed by atoms with Gasteiger partial charge in [0.25, 0.3) is 5.69 Å². The van der Waals surface area contributed by atoms with Crippen molar-refractivity contribution < 1.29 is 24.0 Å². The Bertz CT molecular complexity index is 942. The zero-order chi connectivity index (χ0) is 21.7. The number of benzene rings is 2. The van der Waals surface area contributed by atoms with E-state index in [1.807, 2.05) is 0 Å². The molecule has 2 atom stereocenters. The maximum atomic E-state index is 13.4. The number of rotatable bonds is 8. The SMILES string of the molecule is CCOC(=O)C(C(=O)c1ccccc1)C(c1ccc([N+](=O)[O-])cc1)N1CCCC1=O. The molecule has 1 amide bonds. The number of ketones is 1. The molecule has 1 aliphatic heterocycles. The van der Waals surface area contributed by atoms with E-state index in [0.29, 0.717) is 30.5 Å². The van der Waals surface area contributed by atoms with Gasteiger partial charge < -0.3 is 9.64 Å². The lowest BCUT2D eigenvalue weighted by Gasteiger charge is -2.33. The summed E-state index contributed by atoms with van der Waals surface area (Å²) >= 11 is 0. The van der Waals surface area contributed by atoms with Crippen molar-refractivity contribution >= 4 is 23.3 Å². The molecule has 1 fully saturated rings. The third-order valence-electron chi connectivity index (χ3n) is 5.09. The van der Waals surface area contributed by atoms with Gasteiger partial charge in [-0.3, -0.25) is 24.5 Å². The van der Waals surface area contributed by atoms with E-state index in [2.05, 4.69) is 0 Å². The topological polar surface area (TPSA) is 107 Å². The summed E-state index contributed by atoms with van der Waals surface area (Å²) in [6.45, 7) is 2.11. The average Bonchev–Trinajstić information content (AvgIpc) is 3.17. The number of esters is 1. The molecule has 1 aliphatic rings. The van der Waals surface area contributed by atoms with Crippen LogP contribution in [0, 0.1) is 16.0 Å². The van der Waals surface area contributed by atoms with Crippen LogP contribution in [0.2, 0.25) is 0 Å². The fourth-order valence-corrected chi connectivity index (χ4v) is 3.70. The Hall–Kier alpha value is -3.55. The Morgan fingerprint density at radius 2 is 1.80 bits per heavy atom. The van der Waals surface area contributed by atoms with Crippen molar-refractivity contribution in [3.05, 3.63) is 75.8 Å². The lowest BCUT2D eigenvalue weighted by atomic mass is 9.85. The minimum atomic E-state index is -1.28. The maximum absolute atomic E-state index is 13.4. The highest BCUT2D eigenvalue weighted by Crippen LogP contribution is 2.36. The summed E-state index contributed by atoms with van der Waals surface area (Å²) in [5.41, 5.74) is 0.680. The van der Waals surface area contributed by atoms with Crippen molar-refractivity contribution in [3.63, 3.8) is 0 Å². The van der Waals surface area contributed by atoms with E-state index in [-0.39, 0.29) is 18.2 Å². The van der Waals surface area contributed by atoms with Gasteiger partial charge in [0.1, 0.15) is 5.92 Å². The number of nitro benzene ring substituents is 1. The van der Waals surface area contributed by atoms with Crippen LogP contribution >= 0.6 is 0 Å². The standard InChI is InChI=1S/C22H22N2O6/c1-2-30-22(27)19(21(26)16-7-4-3-5-8-16)20(23-14-6-9-18(23)25)15-10-12-17(13-11-15)24(28)29/h3-5,7-8,10-13,19-20H,2,6,9,14H2,1H3. The average molecular weight is 410 g/mol. The number of carbonyl (C=O) groups excluding carboxylic acids is 3. The summed E-state index contributed by atoms with van der Waals surface area (Å²) in [4.78, 5) is 50.8. The number of nitro groups is 1. The Morgan fingerprint density at radius 1 is 1.13 bits per heavy atom. The molecule has 0 radical (unpaired) electrons. The highest BCUT2D eigenvalue weighted by molar-refractivity contribution is 6.09. The Balaban J connectivity index is 2.10. The number of Topliss-reactive ketones (excluding diaryl/α,β-unsaturated/α-hetero) is 1. The van der Waals surface area contributed by atoms with E-state index in [4.69, 9.17) is 4.74 Å². The minimum absolute atomic E-state index is 0.0817. The number of likely N-dealkylation sites (tertiary alicyclic amines) is 1. The van der Waals surface area contributed by atoms with Crippen LogP contribution in [-0.2, 0) is 14.3 Å². The van der Waals surface area contributed by atoms with E-state index >= 15 is 0 Å². The Labute approximate surface area is 173 Å². The largest absolute Gasteiger partial charge is 0.465 e. The molecular weight excluding hydrogens is 388 g/mol. The summed E-state index contributed by atoms with van der Waals surface area (Å²) < 4.78 is 5.20. The molecule has 0 aliphatic carbocycles. The van der Waals surface area contributed by atoms with Crippen molar-refractivity contribution in [2.24, 2.45) is 5.92 Å². The van der Waals surface area contributed by atoms with Gasteiger partial charge in [-0.2, -0.15) is 0 Å². The predicted octanol–water partition coefficient (Wildman–Crippen LogP) is 3.32. The van der Waals surface area contributed by atoms with Crippen LogP contribution < -0.4 is 0 Å². The molecule has 2 aromatic carbocycles. The van der Waals surface area contributed by atoms with E-state index in [1.165, 1.54) is 29.2 Å². The molecule has 0 saturated carbocycles. The van der Waals surface area contributed by atoms with Crippen LogP contribution in [0.25, 0.3) is 0 Å². The van der Waals surface area contributed by atoms with Gasteiger partial charge in [0.15, 0.2) is 5.78 Å². The second kappa shape index (κ2) is 9.30. The smallest absolute Gasteiger partial charge is 0.319 e. The molecule has 2 unspecified atom stereocenters. The zero-order valence-electron chi connectivity index (χ0n) is 16.5. The van der Waals surface area contributed by atoms with Gasteiger partial charge >= 0.3 is 5.97 Å². The van der Waals surface area contributed by atoms with Crippen LogP contribution in [0.15, 0.2) is 54.6 Å². The van der Waals surface area contributed by atoms with Gasteiger partial charge in [0.05, 0.1) is 17.6 Å². The first kappa shape index (κ1) is 21.2. The van der Waals surface area contributed by atoms with Crippen molar-refractivity contribution in [2.45, 2.75) is 25.8 Å². The van der Waals surface area contributed by atoms with Gasteiger partial charge in [0, 0.05) is 30.7 Å². The molecule has 8 nitrogen and oxygen atoms in total. The number of hydrogen-bond donors (Lipinski definition) is 0. The molecule has 156 valence electrons. The van der Waals surface area contributed by atoms with Crippen molar-refractivity contribution in [2.75, 3.05) is 13.2 Å². The van der Waals surface area contributed by atoms with E-state index < -0.39 is 28.6 Å².